The molecule has 0 saturated carbocycles. The summed E-state index contributed by atoms with van der Waals surface area (Å²) in [6.45, 7) is 3.69. The van der Waals surface area contributed by atoms with Gasteiger partial charge < -0.3 is 0 Å². The monoisotopic (exact) mass is 299 g/mol. The SMILES string of the molecule is CCC1(CC)C(=O)N(C)c2nc(-c3ccncc3)nn2C1=O. The fraction of sp³-hybridized carbons (Fsp3) is 0.400. The maximum absolute atomic E-state index is 12.8. The van der Waals surface area contributed by atoms with Crippen LogP contribution in [0.2, 0.25) is 0 Å². The van der Waals surface area contributed by atoms with E-state index in [1.54, 1.807) is 31.6 Å². The van der Waals surface area contributed by atoms with Gasteiger partial charge in [0.2, 0.25) is 11.9 Å². The summed E-state index contributed by atoms with van der Waals surface area (Å²) in [5.41, 5.74) is -0.297. The molecule has 7 nitrogen and oxygen atoms in total. The van der Waals surface area contributed by atoms with Crippen molar-refractivity contribution < 1.29 is 9.59 Å². The lowest BCUT2D eigenvalue weighted by atomic mass is 9.79. The van der Waals surface area contributed by atoms with Gasteiger partial charge in [-0.2, -0.15) is 9.67 Å². The van der Waals surface area contributed by atoms with E-state index in [2.05, 4.69) is 15.1 Å². The van der Waals surface area contributed by atoms with E-state index in [1.165, 1.54) is 9.58 Å². The number of carbonyl (C=O) groups excluding carboxylic acids is 2. The van der Waals surface area contributed by atoms with E-state index in [0.717, 1.165) is 5.56 Å². The average Bonchev–Trinajstić information content (AvgIpc) is 3.01. The first-order valence-corrected chi connectivity index (χ1v) is 7.25. The highest BCUT2D eigenvalue weighted by molar-refractivity contribution is 6.15. The molecule has 0 aliphatic carbocycles. The summed E-state index contributed by atoms with van der Waals surface area (Å²) in [5, 5.41) is 4.31. The van der Waals surface area contributed by atoms with E-state index in [9.17, 15) is 9.59 Å². The molecule has 0 radical (unpaired) electrons. The summed E-state index contributed by atoms with van der Waals surface area (Å²) in [6.07, 6.45) is 4.15. The molecule has 0 atom stereocenters. The van der Waals surface area contributed by atoms with Crippen molar-refractivity contribution in [2.45, 2.75) is 26.7 Å². The van der Waals surface area contributed by atoms with Crippen molar-refractivity contribution in [2.75, 3.05) is 11.9 Å². The highest BCUT2D eigenvalue weighted by Gasteiger charge is 2.51. The molecular formula is C15H17N5O2. The number of carbonyl (C=O) groups is 2. The molecule has 0 bridgehead atoms. The van der Waals surface area contributed by atoms with Gasteiger partial charge in [-0.3, -0.25) is 19.5 Å². The minimum absolute atomic E-state index is 0.219. The van der Waals surface area contributed by atoms with Gasteiger partial charge >= 0.3 is 0 Å². The fourth-order valence-electron chi connectivity index (χ4n) is 2.84. The van der Waals surface area contributed by atoms with Crippen LogP contribution in [0, 0.1) is 5.41 Å². The van der Waals surface area contributed by atoms with E-state index in [4.69, 9.17) is 0 Å². The summed E-state index contributed by atoms with van der Waals surface area (Å²) in [5.74, 6) is 0.153. The molecular weight excluding hydrogens is 282 g/mol. The summed E-state index contributed by atoms with van der Waals surface area (Å²) < 4.78 is 1.25. The Morgan fingerprint density at radius 1 is 1.09 bits per heavy atom. The smallest absolute Gasteiger partial charge is 0.265 e. The number of hydrogen-bond donors (Lipinski definition) is 0. The number of rotatable bonds is 3. The molecule has 114 valence electrons. The minimum Gasteiger partial charge on any atom is -0.283 e. The van der Waals surface area contributed by atoms with Gasteiger partial charge in [0, 0.05) is 25.0 Å². The third-order valence-electron chi connectivity index (χ3n) is 4.35. The minimum atomic E-state index is -1.05. The molecule has 0 aromatic carbocycles. The molecule has 0 saturated heterocycles. The van der Waals surface area contributed by atoms with Gasteiger partial charge in [-0.1, -0.05) is 13.8 Å². The number of aromatic nitrogens is 4. The van der Waals surface area contributed by atoms with Crippen LogP contribution < -0.4 is 4.90 Å². The zero-order valence-corrected chi connectivity index (χ0v) is 12.8. The van der Waals surface area contributed by atoms with Crippen LogP contribution in [-0.2, 0) is 4.79 Å². The van der Waals surface area contributed by atoms with Crippen molar-refractivity contribution in [3.63, 3.8) is 0 Å². The first-order chi connectivity index (χ1) is 10.5. The first kappa shape index (κ1) is 14.4. The highest BCUT2D eigenvalue weighted by Crippen LogP contribution is 2.37. The van der Waals surface area contributed by atoms with Gasteiger partial charge in [0.05, 0.1) is 0 Å². The van der Waals surface area contributed by atoms with E-state index in [0.29, 0.717) is 18.7 Å². The molecule has 2 aromatic heterocycles. The normalized spacial score (nSPS) is 16.8. The lowest BCUT2D eigenvalue weighted by Gasteiger charge is -2.36. The van der Waals surface area contributed by atoms with E-state index in [-0.39, 0.29) is 17.8 Å². The Morgan fingerprint density at radius 2 is 1.73 bits per heavy atom. The first-order valence-electron chi connectivity index (χ1n) is 7.25. The number of anilines is 1. The Bertz CT molecular complexity index is 734. The van der Waals surface area contributed by atoms with Gasteiger partial charge in [-0.25, -0.2) is 0 Å². The van der Waals surface area contributed by atoms with Crippen LogP contribution >= 0.6 is 0 Å². The highest BCUT2D eigenvalue weighted by atomic mass is 16.2. The van der Waals surface area contributed by atoms with Crippen LogP contribution in [0.5, 0.6) is 0 Å². The molecule has 1 amide bonds. The Balaban J connectivity index is 2.16. The van der Waals surface area contributed by atoms with Gasteiger partial charge in [-0.05, 0) is 25.0 Å². The maximum Gasteiger partial charge on any atom is 0.265 e. The lowest BCUT2D eigenvalue weighted by Crippen LogP contribution is -2.54. The van der Waals surface area contributed by atoms with Crippen LogP contribution in [0.3, 0.4) is 0 Å². The van der Waals surface area contributed by atoms with Crippen LogP contribution in [-0.4, -0.2) is 38.6 Å². The van der Waals surface area contributed by atoms with Gasteiger partial charge in [0.25, 0.3) is 5.91 Å². The molecule has 0 unspecified atom stereocenters. The third-order valence-corrected chi connectivity index (χ3v) is 4.35. The zero-order valence-electron chi connectivity index (χ0n) is 12.8. The lowest BCUT2D eigenvalue weighted by molar-refractivity contribution is -0.127. The van der Waals surface area contributed by atoms with E-state index in [1.807, 2.05) is 13.8 Å². The average molecular weight is 299 g/mol. The Kier molecular flexibility index (Phi) is 3.27. The van der Waals surface area contributed by atoms with Gasteiger partial charge in [0.15, 0.2) is 5.82 Å². The molecule has 2 aromatic rings. The molecule has 0 fully saturated rings. The number of nitrogens with zero attached hydrogens (tertiary/aromatic N) is 5. The van der Waals surface area contributed by atoms with Crippen LogP contribution in [0.1, 0.15) is 31.5 Å². The van der Waals surface area contributed by atoms with E-state index >= 15 is 0 Å². The summed E-state index contributed by atoms with van der Waals surface area (Å²) in [7, 11) is 1.63. The quantitative estimate of drug-likeness (QED) is 0.807. The van der Waals surface area contributed by atoms with Crippen molar-refractivity contribution in [1.82, 2.24) is 19.7 Å². The molecule has 3 rings (SSSR count). The van der Waals surface area contributed by atoms with Crippen molar-refractivity contribution in [3.8, 4) is 11.4 Å². The Hall–Kier alpha value is -2.57. The number of amides is 1. The summed E-state index contributed by atoms with van der Waals surface area (Å²) >= 11 is 0. The van der Waals surface area contributed by atoms with Crippen molar-refractivity contribution in [3.05, 3.63) is 24.5 Å². The van der Waals surface area contributed by atoms with Crippen molar-refractivity contribution in [2.24, 2.45) is 5.41 Å². The Morgan fingerprint density at radius 3 is 2.32 bits per heavy atom. The fourth-order valence-corrected chi connectivity index (χ4v) is 2.84. The van der Waals surface area contributed by atoms with Gasteiger partial charge in [0.1, 0.15) is 5.41 Å². The molecule has 7 heteroatoms. The topological polar surface area (TPSA) is 81.0 Å². The summed E-state index contributed by atoms with van der Waals surface area (Å²) in [4.78, 5) is 35.2. The molecule has 1 aliphatic heterocycles. The maximum atomic E-state index is 12.8. The zero-order chi connectivity index (χ0) is 15.9. The third kappa shape index (κ3) is 1.78. The van der Waals surface area contributed by atoms with Crippen LogP contribution in [0.4, 0.5) is 5.95 Å². The van der Waals surface area contributed by atoms with Crippen LogP contribution in [0.15, 0.2) is 24.5 Å². The number of hydrogen-bond acceptors (Lipinski definition) is 5. The van der Waals surface area contributed by atoms with Gasteiger partial charge in [-0.15, -0.1) is 5.10 Å². The second-order valence-electron chi connectivity index (χ2n) is 5.34. The second kappa shape index (κ2) is 5.01. The molecule has 3 heterocycles. The predicted molar refractivity (Wildman–Crippen MR) is 80.3 cm³/mol. The predicted octanol–water partition coefficient (Wildman–Crippen LogP) is 1.76. The second-order valence-corrected chi connectivity index (χ2v) is 5.34. The molecule has 22 heavy (non-hydrogen) atoms. The van der Waals surface area contributed by atoms with Crippen molar-refractivity contribution in [1.29, 1.82) is 0 Å². The van der Waals surface area contributed by atoms with Crippen LogP contribution in [0.25, 0.3) is 11.4 Å². The molecule has 0 spiro atoms. The standard InChI is InChI=1S/C15H17N5O2/c1-4-15(5-2)12(21)19(3)14-17-11(18-20(14)13(15)22)10-6-8-16-9-7-10/h6-9H,4-5H2,1-3H3. The van der Waals surface area contributed by atoms with Crippen molar-refractivity contribution >= 4 is 17.8 Å². The largest absolute Gasteiger partial charge is 0.283 e. The molecule has 0 N–H and O–H groups in total. The number of fused-ring (bicyclic) bond motifs is 1. The molecule has 1 aliphatic rings. The summed E-state index contributed by atoms with van der Waals surface area (Å²) in [6, 6.07) is 3.53. The van der Waals surface area contributed by atoms with E-state index < -0.39 is 5.41 Å². The number of pyridine rings is 1. The Labute approximate surface area is 128 Å².